The van der Waals surface area contributed by atoms with Crippen LogP contribution in [-0.4, -0.2) is 206 Å². The van der Waals surface area contributed by atoms with Crippen molar-refractivity contribution in [3.63, 3.8) is 0 Å². The lowest BCUT2D eigenvalue weighted by molar-refractivity contribution is -0.385. The van der Waals surface area contributed by atoms with Gasteiger partial charge in [0.1, 0.15) is 54.2 Å². The van der Waals surface area contributed by atoms with Crippen molar-refractivity contribution in [2.24, 2.45) is 11.8 Å². The van der Waals surface area contributed by atoms with Gasteiger partial charge in [0.15, 0.2) is 51.4 Å². The molecule has 61 heteroatoms. The van der Waals surface area contributed by atoms with Crippen molar-refractivity contribution in [1.29, 1.82) is 0 Å². The van der Waals surface area contributed by atoms with E-state index in [2.05, 4.69) is 77.1 Å². The molecule has 6 aromatic rings. The van der Waals surface area contributed by atoms with E-state index in [0.29, 0.717) is 0 Å². The maximum Gasteiger partial charge on any atom is 0.481 e. The summed E-state index contributed by atoms with van der Waals surface area (Å²) in [7, 11) is -8.24. The molecule has 20 atom stereocenters. The lowest BCUT2D eigenvalue weighted by atomic mass is 10.0. The van der Waals surface area contributed by atoms with Crippen LogP contribution in [0.3, 0.4) is 0 Å². The van der Waals surface area contributed by atoms with E-state index in [4.69, 9.17) is 73.0 Å². The number of aromatic amines is 2. The Morgan fingerprint density at radius 2 is 0.840 bits per heavy atom. The van der Waals surface area contributed by atoms with Crippen molar-refractivity contribution in [3.8, 4) is 11.5 Å². The van der Waals surface area contributed by atoms with Gasteiger partial charge in [-0.05, 0) is 60.5 Å². The largest absolute Gasteiger partial charge is 0.481 e. The molecule has 4 fully saturated rings. The summed E-state index contributed by atoms with van der Waals surface area (Å²) >= 11 is 9.40. The molecule has 2 aromatic carbocycles. The predicted molar refractivity (Wildman–Crippen MR) is 470 cm³/mol. The first kappa shape index (κ1) is 105. The molecule has 4 aliphatic heterocycles. The van der Waals surface area contributed by atoms with E-state index in [1.54, 1.807) is 84.5 Å². The minimum atomic E-state index is -5.41. The van der Waals surface area contributed by atoms with Gasteiger partial charge in [0.25, 0.3) is 22.5 Å². The highest BCUT2D eigenvalue weighted by atomic mass is 33.5. The molecule has 42 nitrogen and oxygen atoms in total. The SMILES string of the molecule is C.C.C[C@@H]1C(COP(=O)(O)OP(=O)(O)OCC2OC(Oc3ccc([N+](=O)[O-])cc3)[C@H](C)[C@@H]2O[Si](C)(C)C(C)(C)C)O[C@@H](n2cnc3c(=O)[nH]cnc32)[C@@H]1O[Si](C)(C)C(C)(C)C.O=c1[nH]cnc2c1ncn2[C@@H]1OC(COP(=O)(O)OP(=O)(O)OCC2OC(Oc3ccc([N+](=O)[O-])cc3)[C@H](O)[C@@H]2O)[C@@H](O)[C@H]1O.S=S=S=S=S=S=S=S=S=S=S=S=S. The molecule has 0 aliphatic carbocycles. The molecule has 0 amide bonds. The first-order chi connectivity index (χ1) is 54.6. The lowest BCUT2D eigenvalue weighted by Crippen LogP contribution is -2.48. The number of nitro groups is 2. The molecule has 0 radical (unpaired) electrons. The predicted octanol–water partition coefficient (Wildman–Crippen LogP) is 6.70. The summed E-state index contributed by atoms with van der Waals surface area (Å²) in [4.78, 5) is 108. The molecule has 0 spiro atoms. The van der Waals surface area contributed by atoms with Gasteiger partial charge in [-0.2, -0.15) is 8.62 Å². The van der Waals surface area contributed by atoms with Crippen molar-refractivity contribution < 1.29 is 132 Å². The number of nitrogens with zero attached hydrogens (tertiary/aromatic N) is 8. The Morgan fingerprint density at radius 1 is 0.496 bits per heavy atom. The van der Waals surface area contributed by atoms with Crippen LogP contribution in [-0.2, 0) is 193 Å². The quantitative estimate of drug-likeness (QED) is 0.0106. The zero-order valence-electron chi connectivity index (χ0n) is 63.0. The van der Waals surface area contributed by atoms with Gasteiger partial charge in [0.2, 0.25) is 12.6 Å². The second-order valence-corrected chi connectivity index (χ2v) is 63.5. The van der Waals surface area contributed by atoms with Crippen LogP contribution in [0.25, 0.3) is 22.3 Å². The zero-order valence-corrected chi connectivity index (χ0v) is 79.2. The number of aliphatic hydroxyl groups is 4. The lowest BCUT2D eigenvalue weighted by Gasteiger charge is -2.40. The average molecular weight is 2040 g/mol. The fourth-order valence-electron chi connectivity index (χ4n) is 10.6. The Bertz CT molecular complexity index is 5360. The normalized spacial score (nSPS) is 26.3. The molecule has 4 saturated heterocycles. The van der Waals surface area contributed by atoms with Crippen molar-refractivity contribution in [2.45, 2.75) is 193 Å². The summed E-state index contributed by atoms with van der Waals surface area (Å²) in [6.07, 6.45) is -12.9. The summed E-state index contributed by atoms with van der Waals surface area (Å²) in [5.41, 5.74) is -1.15. The monoisotopic (exact) mass is 2030 g/mol. The van der Waals surface area contributed by atoms with Crippen LogP contribution in [0.15, 0.2) is 83.4 Å². The van der Waals surface area contributed by atoms with Crippen molar-refractivity contribution in [1.82, 2.24) is 39.0 Å². The Kier molecular flexibility index (Phi) is 39.7. The molecule has 10 rings (SSSR count). The van der Waals surface area contributed by atoms with E-state index >= 15 is 0 Å². The molecule has 0 saturated carbocycles. The number of phosphoric ester groups is 4. The molecule has 4 aromatic heterocycles. The van der Waals surface area contributed by atoms with Crippen LogP contribution in [0, 0.1) is 32.1 Å². The molecule has 10 N–H and O–H groups in total. The number of benzene rings is 2. The Balaban J connectivity index is 0.000000323. The minimum Gasteiger partial charge on any atom is -0.465 e. The smallest absolute Gasteiger partial charge is 0.465 e. The number of rotatable bonds is 28. The first-order valence-corrected chi connectivity index (χ1v) is 61.6. The maximum absolute atomic E-state index is 13.2. The number of aromatic nitrogens is 8. The van der Waals surface area contributed by atoms with Gasteiger partial charge in [0, 0.05) is 156 Å². The highest BCUT2D eigenvalue weighted by Crippen LogP contribution is 2.62. The Hall–Kier alpha value is -3.05. The van der Waals surface area contributed by atoms with E-state index in [9.17, 15) is 88.1 Å². The van der Waals surface area contributed by atoms with Gasteiger partial charge in [-0.15, -0.1) is 0 Å². The zero-order chi connectivity index (χ0) is 86.6. The van der Waals surface area contributed by atoms with E-state index < -0.39 is 193 Å². The van der Waals surface area contributed by atoms with E-state index in [0.717, 1.165) is 29.4 Å². The molecular formula is C58H90N10O32P4S13Si2. The molecule has 4 aliphatic rings. The van der Waals surface area contributed by atoms with Crippen molar-refractivity contribution in [2.75, 3.05) is 26.4 Å². The van der Waals surface area contributed by atoms with Crippen molar-refractivity contribution in [3.05, 3.63) is 115 Å². The van der Waals surface area contributed by atoms with Gasteiger partial charge in [0.05, 0.1) is 79.9 Å². The van der Waals surface area contributed by atoms with Gasteiger partial charge in [-0.25, -0.2) is 38.2 Å². The summed E-state index contributed by atoms with van der Waals surface area (Å²) in [6.45, 7) is 21.1. The number of non-ortho nitro benzene ring substituents is 2. The van der Waals surface area contributed by atoms with Crippen LogP contribution >= 0.6 is 31.3 Å². The number of fused-ring (bicyclic) bond motifs is 2. The summed E-state index contributed by atoms with van der Waals surface area (Å²) in [5.74, 6) is -0.623. The Labute approximate surface area is 723 Å². The molecule has 119 heavy (non-hydrogen) atoms. The summed E-state index contributed by atoms with van der Waals surface area (Å²) in [5, 5.41) is 62.7. The number of nitrogens with one attached hydrogen (secondary N) is 2. The number of ether oxygens (including phenoxy) is 6. The molecule has 10 unspecified atom stereocenters. The molecule has 8 heterocycles. The fourth-order valence-corrected chi connectivity index (χ4v) is 42.3. The van der Waals surface area contributed by atoms with E-state index in [1.807, 2.05) is 47.7 Å². The van der Waals surface area contributed by atoms with Gasteiger partial charge in [-0.1, -0.05) is 70.2 Å². The number of H-pyrrole nitrogens is 2. The maximum atomic E-state index is 13.2. The van der Waals surface area contributed by atoms with Gasteiger partial charge < -0.3 is 87.2 Å². The number of phosphoric acid groups is 4. The van der Waals surface area contributed by atoms with Crippen LogP contribution in [0.4, 0.5) is 11.4 Å². The summed E-state index contributed by atoms with van der Waals surface area (Å²) < 4.78 is 131. The van der Waals surface area contributed by atoms with Gasteiger partial charge >= 0.3 is 31.3 Å². The average Bonchev–Trinajstić information content (AvgIpc) is 1.61. The van der Waals surface area contributed by atoms with Crippen LogP contribution < -0.4 is 20.6 Å². The fraction of sp³-hybridized carbons (Fsp3) is 0.621. The highest BCUT2D eigenvalue weighted by Gasteiger charge is 2.54. The van der Waals surface area contributed by atoms with Crippen LogP contribution in [0.1, 0.15) is 82.7 Å². The molecule has 0 bridgehead atoms. The van der Waals surface area contributed by atoms with Crippen LogP contribution in [0.2, 0.25) is 36.3 Å². The number of hydrogen-bond acceptors (Lipinski definition) is 34. The topological polar surface area (TPSA) is 573 Å². The third kappa shape index (κ3) is 29.0. The molecule has 670 valence electrons. The van der Waals surface area contributed by atoms with E-state index in [-0.39, 0.29) is 70.1 Å². The molecular weight excluding hydrogens is 1950 g/mol. The third-order valence-electron chi connectivity index (χ3n) is 18.6. The Morgan fingerprint density at radius 3 is 1.24 bits per heavy atom. The highest BCUT2D eigenvalue weighted by molar-refractivity contribution is 8.75. The minimum absolute atomic E-state index is 0. The summed E-state index contributed by atoms with van der Waals surface area (Å²) in [6, 6.07) is 10.1. The number of hydrogen-bond donors (Lipinski definition) is 10. The van der Waals surface area contributed by atoms with Crippen molar-refractivity contribution >= 4 is 202 Å². The number of imidazole rings is 2. The van der Waals surface area contributed by atoms with Gasteiger partial charge in [-0.3, -0.25) is 57.0 Å². The standard InChI is InChI=1S/C35H57N5O15P2Si2.C21H25N5O17P2.2CH4.S13/c1-21-25(51-32(29(21)54-59(11,12)35(6,7)8)39-20-38-27-30(39)36-19-37-31(27)41)17-48-56(44,45)55-57(46,47)49-18-26-28(53-58(9,10)34(3,4)5)22(2)33(52-26)50-24-15-13-23(14-16-24)40(42)43;27-14-11(41-20(16(14)29)25-8-24-13-18(25)22-7-23-19(13)31)5-38-44(34,35)43-45(36,37)39-6-12-15(28)17(30)21(42-12)40-10-3-1-9(2-4-10)26(32)33;;;1-3-5-7-9-11-13-12-10-8-6-4-2/h13-16,19-22,25-26,28-29,32-33H,17-18H2,1-12H3,(H,44,45)(H,46,47)(H,36,37,41);1-4,7-8,11-12,14-17,20-21,27-30H,5-6H2,(H,34,35)(H,36,37)(H,22,23,31);2*1H4;/t21-,22-,25?,26?,28+,29-,32-,33?;11?,12?,14-,15-,16-,17-,20-,21?;;;/m11.../s1. The second kappa shape index (κ2) is 45.1. The number of aliphatic hydroxyl groups excluding tert-OH is 4. The number of nitro benzene ring substituents is 2. The third-order valence-corrected chi connectivity index (χ3v) is 55.0. The first-order valence-electron chi connectivity index (χ1n) is 33.8. The second-order valence-electron chi connectivity index (χ2n) is 28.4. The van der Waals surface area contributed by atoms with E-state index in [1.165, 1.54) is 66.8 Å². The van der Waals surface area contributed by atoms with Crippen LogP contribution in [0.5, 0.6) is 11.5 Å².